The Bertz CT molecular complexity index is 311. The van der Waals surface area contributed by atoms with Crippen LogP contribution in [0.2, 0.25) is 0 Å². The van der Waals surface area contributed by atoms with Crippen LogP contribution in [0.25, 0.3) is 0 Å². The van der Waals surface area contributed by atoms with Gasteiger partial charge in [0.2, 0.25) is 0 Å². The Hall–Kier alpha value is -0.450. The highest BCUT2D eigenvalue weighted by Gasteiger charge is 2.24. The van der Waals surface area contributed by atoms with E-state index in [2.05, 4.69) is 22.0 Å². The standard InChI is InChI=1S/C16H31N3O/c1-13(2)16(20)12-18-7-4-15(5-8-18)11-19-9-6-17-14(3)10-19/h13-15,17H,4-12H2,1-3H3. The Morgan fingerprint density at radius 1 is 1.20 bits per heavy atom. The first-order chi connectivity index (χ1) is 9.54. The van der Waals surface area contributed by atoms with E-state index in [4.69, 9.17) is 0 Å². The molecule has 2 aliphatic rings. The normalized spacial score (nSPS) is 27.1. The quantitative estimate of drug-likeness (QED) is 0.822. The first-order valence-corrected chi connectivity index (χ1v) is 8.25. The van der Waals surface area contributed by atoms with Crippen LogP contribution in [0.3, 0.4) is 0 Å². The van der Waals surface area contributed by atoms with Crippen LogP contribution in [-0.4, -0.2) is 67.4 Å². The second-order valence-electron chi connectivity index (χ2n) is 6.96. The third kappa shape index (κ3) is 4.83. The van der Waals surface area contributed by atoms with Crippen LogP contribution >= 0.6 is 0 Å². The number of ketones is 1. The van der Waals surface area contributed by atoms with Gasteiger partial charge in [-0.15, -0.1) is 0 Å². The molecule has 116 valence electrons. The van der Waals surface area contributed by atoms with Gasteiger partial charge < -0.3 is 10.2 Å². The van der Waals surface area contributed by atoms with Gasteiger partial charge in [0.1, 0.15) is 5.78 Å². The molecule has 2 heterocycles. The molecule has 0 aromatic rings. The molecule has 2 saturated heterocycles. The highest BCUT2D eigenvalue weighted by Crippen LogP contribution is 2.19. The molecule has 0 bridgehead atoms. The second-order valence-corrected chi connectivity index (χ2v) is 6.96. The number of rotatable bonds is 5. The Morgan fingerprint density at radius 3 is 2.50 bits per heavy atom. The average molecular weight is 281 g/mol. The smallest absolute Gasteiger partial charge is 0.149 e. The molecule has 0 aromatic heterocycles. The molecule has 0 spiro atoms. The van der Waals surface area contributed by atoms with Gasteiger partial charge in [0.25, 0.3) is 0 Å². The zero-order valence-corrected chi connectivity index (χ0v) is 13.4. The van der Waals surface area contributed by atoms with Crippen LogP contribution in [-0.2, 0) is 4.79 Å². The zero-order chi connectivity index (χ0) is 14.5. The first-order valence-electron chi connectivity index (χ1n) is 8.25. The van der Waals surface area contributed by atoms with E-state index >= 15 is 0 Å². The minimum Gasteiger partial charge on any atom is -0.312 e. The third-order valence-electron chi connectivity index (χ3n) is 4.70. The van der Waals surface area contributed by atoms with Crippen molar-refractivity contribution in [3.8, 4) is 0 Å². The summed E-state index contributed by atoms with van der Waals surface area (Å²) in [5, 5.41) is 3.50. The van der Waals surface area contributed by atoms with Crippen molar-refractivity contribution in [1.29, 1.82) is 0 Å². The molecule has 4 nitrogen and oxygen atoms in total. The number of carbonyl (C=O) groups excluding carboxylic acids is 1. The molecule has 0 amide bonds. The van der Waals surface area contributed by atoms with E-state index in [0.29, 0.717) is 18.4 Å². The molecule has 2 aliphatic heterocycles. The molecule has 2 fully saturated rings. The van der Waals surface area contributed by atoms with Gasteiger partial charge in [-0.1, -0.05) is 13.8 Å². The van der Waals surface area contributed by atoms with Gasteiger partial charge in [-0.25, -0.2) is 0 Å². The fraction of sp³-hybridized carbons (Fsp3) is 0.938. The molecule has 0 radical (unpaired) electrons. The first kappa shape index (κ1) is 15.9. The van der Waals surface area contributed by atoms with Gasteiger partial charge in [-0.2, -0.15) is 0 Å². The number of likely N-dealkylation sites (tertiary alicyclic amines) is 1. The Morgan fingerprint density at radius 2 is 1.90 bits per heavy atom. The fourth-order valence-electron chi connectivity index (χ4n) is 3.27. The van der Waals surface area contributed by atoms with Crippen molar-refractivity contribution in [3.63, 3.8) is 0 Å². The van der Waals surface area contributed by atoms with Crippen LogP contribution in [0.15, 0.2) is 0 Å². The van der Waals surface area contributed by atoms with E-state index in [1.807, 2.05) is 13.8 Å². The average Bonchev–Trinajstić information content (AvgIpc) is 2.41. The highest BCUT2D eigenvalue weighted by atomic mass is 16.1. The fourth-order valence-corrected chi connectivity index (χ4v) is 3.27. The summed E-state index contributed by atoms with van der Waals surface area (Å²) in [6.45, 7) is 13.9. The summed E-state index contributed by atoms with van der Waals surface area (Å²) in [7, 11) is 0. The Kier molecular flexibility index (Phi) is 6.00. The predicted octanol–water partition coefficient (Wildman–Crippen LogP) is 1.22. The highest BCUT2D eigenvalue weighted by molar-refractivity contribution is 5.82. The molecular weight excluding hydrogens is 250 g/mol. The SMILES string of the molecule is CC1CN(CC2CCN(CC(=O)C(C)C)CC2)CCN1. The molecule has 0 saturated carbocycles. The minimum atomic E-state index is 0.176. The summed E-state index contributed by atoms with van der Waals surface area (Å²) in [5.74, 6) is 1.39. The minimum absolute atomic E-state index is 0.176. The number of hydrogen-bond acceptors (Lipinski definition) is 4. The number of piperazine rings is 1. The largest absolute Gasteiger partial charge is 0.312 e. The van der Waals surface area contributed by atoms with Crippen molar-refractivity contribution >= 4 is 5.78 Å². The van der Waals surface area contributed by atoms with Crippen molar-refractivity contribution in [3.05, 3.63) is 0 Å². The van der Waals surface area contributed by atoms with Crippen LogP contribution < -0.4 is 5.32 Å². The maximum Gasteiger partial charge on any atom is 0.149 e. The number of piperidine rings is 1. The number of hydrogen-bond donors (Lipinski definition) is 1. The van der Waals surface area contributed by atoms with Crippen molar-refractivity contribution in [2.24, 2.45) is 11.8 Å². The summed E-state index contributed by atoms with van der Waals surface area (Å²) < 4.78 is 0. The number of nitrogens with zero attached hydrogens (tertiary/aromatic N) is 2. The lowest BCUT2D eigenvalue weighted by Crippen LogP contribution is -2.51. The molecule has 0 aliphatic carbocycles. The predicted molar refractivity (Wildman–Crippen MR) is 82.9 cm³/mol. The molecule has 4 heteroatoms. The second kappa shape index (κ2) is 7.53. The molecular formula is C16H31N3O. The summed E-state index contributed by atoms with van der Waals surface area (Å²) in [6, 6.07) is 0.632. The van der Waals surface area contributed by atoms with Gasteiger partial charge in [0, 0.05) is 38.1 Å². The van der Waals surface area contributed by atoms with Gasteiger partial charge in [0.15, 0.2) is 0 Å². The molecule has 1 N–H and O–H groups in total. The van der Waals surface area contributed by atoms with Gasteiger partial charge in [-0.05, 0) is 38.8 Å². The van der Waals surface area contributed by atoms with Crippen LogP contribution in [0.5, 0.6) is 0 Å². The van der Waals surface area contributed by atoms with Crippen molar-refractivity contribution in [2.45, 2.75) is 39.7 Å². The number of carbonyl (C=O) groups is 1. The maximum atomic E-state index is 11.8. The van der Waals surface area contributed by atoms with Crippen LogP contribution in [0, 0.1) is 11.8 Å². The molecule has 1 atom stereocenters. The van der Waals surface area contributed by atoms with E-state index < -0.39 is 0 Å². The van der Waals surface area contributed by atoms with Crippen molar-refractivity contribution in [2.75, 3.05) is 45.8 Å². The Balaban J connectivity index is 1.67. The summed E-state index contributed by atoms with van der Waals surface area (Å²) in [4.78, 5) is 16.7. The van der Waals surface area contributed by atoms with Crippen LogP contribution in [0.1, 0.15) is 33.6 Å². The molecule has 1 unspecified atom stereocenters. The van der Waals surface area contributed by atoms with Gasteiger partial charge >= 0.3 is 0 Å². The third-order valence-corrected chi connectivity index (χ3v) is 4.70. The Labute approximate surface area is 123 Å². The zero-order valence-electron chi connectivity index (χ0n) is 13.4. The van der Waals surface area contributed by atoms with Crippen LogP contribution in [0.4, 0.5) is 0 Å². The summed E-state index contributed by atoms with van der Waals surface area (Å²) >= 11 is 0. The maximum absolute atomic E-state index is 11.8. The van der Waals surface area contributed by atoms with E-state index in [1.54, 1.807) is 0 Å². The number of Topliss-reactive ketones (excluding diaryl/α,β-unsaturated/α-hetero) is 1. The molecule has 2 rings (SSSR count). The number of nitrogens with one attached hydrogen (secondary N) is 1. The van der Waals surface area contributed by atoms with Crippen molar-refractivity contribution < 1.29 is 4.79 Å². The van der Waals surface area contributed by atoms with E-state index in [9.17, 15) is 4.79 Å². The molecule has 20 heavy (non-hydrogen) atoms. The topological polar surface area (TPSA) is 35.6 Å². The lowest BCUT2D eigenvalue weighted by molar-refractivity contribution is -0.123. The lowest BCUT2D eigenvalue weighted by atomic mass is 9.95. The summed E-state index contributed by atoms with van der Waals surface area (Å²) in [5.41, 5.74) is 0. The van der Waals surface area contributed by atoms with Gasteiger partial charge in [-0.3, -0.25) is 9.69 Å². The van der Waals surface area contributed by atoms with E-state index in [1.165, 1.54) is 32.5 Å². The van der Waals surface area contributed by atoms with Gasteiger partial charge in [0.05, 0.1) is 6.54 Å². The summed E-state index contributed by atoms with van der Waals surface area (Å²) in [6.07, 6.45) is 2.51. The monoisotopic (exact) mass is 281 g/mol. The van der Waals surface area contributed by atoms with E-state index in [-0.39, 0.29) is 5.92 Å². The van der Waals surface area contributed by atoms with Crippen molar-refractivity contribution in [1.82, 2.24) is 15.1 Å². The molecule has 0 aromatic carbocycles. The lowest BCUT2D eigenvalue weighted by Gasteiger charge is -2.37. The van der Waals surface area contributed by atoms with E-state index in [0.717, 1.165) is 25.6 Å².